The number of hydrogen-bond acceptors (Lipinski definition) is 4. The first-order valence-electron chi connectivity index (χ1n) is 10.0. The quantitative estimate of drug-likeness (QED) is 0.636. The van der Waals surface area contributed by atoms with Crippen LogP contribution in [0.3, 0.4) is 0 Å². The van der Waals surface area contributed by atoms with Crippen molar-refractivity contribution in [3.8, 4) is 0 Å². The van der Waals surface area contributed by atoms with E-state index in [1.807, 2.05) is 59.4 Å². The lowest BCUT2D eigenvalue weighted by molar-refractivity contribution is -0.125. The molecule has 0 radical (unpaired) electrons. The Morgan fingerprint density at radius 3 is 2.77 bits per heavy atom. The van der Waals surface area contributed by atoms with Crippen LogP contribution in [0.1, 0.15) is 24.0 Å². The Morgan fingerprint density at radius 2 is 1.90 bits per heavy atom. The van der Waals surface area contributed by atoms with Crippen LogP contribution in [0.5, 0.6) is 0 Å². The smallest absolute Gasteiger partial charge is 0.227 e. The molecule has 0 spiro atoms. The Kier molecular flexibility index (Phi) is 6.49. The molecule has 0 saturated carbocycles. The fourth-order valence-corrected chi connectivity index (χ4v) is 4.49. The highest BCUT2D eigenvalue weighted by atomic mass is 32.2. The van der Waals surface area contributed by atoms with Crippen LogP contribution < -0.4 is 10.2 Å². The normalized spacial score (nSPS) is 13.0. The molecule has 30 heavy (non-hydrogen) atoms. The summed E-state index contributed by atoms with van der Waals surface area (Å²) in [6.07, 6.45) is 4.08. The molecule has 3 aromatic rings. The van der Waals surface area contributed by atoms with Crippen LogP contribution in [-0.4, -0.2) is 33.9 Å². The molecule has 0 saturated heterocycles. The van der Waals surface area contributed by atoms with E-state index < -0.39 is 0 Å². The van der Waals surface area contributed by atoms with Gasteiger partial charge in [0.25, 0.3) is 0 Å². The van der Waals surface area contributed by atoms with Crippen molar-refractivity contribution in [2.24, 2.45) is 0 Å². The molecule has 6 nitrogen and oxygen atoms in total. The highest BCUT2D eigenvalue weighted by molar-refractivity contribution is 7.99. The molecule has 1 aromatic heterocycles. The number of nitrogens with zero attached hydrogens (tertiary/aromatic N) is 3. The van der Waals surface area contributed by atoms with E-state index in [0.717, 1.165) is 27.5 Å². The number of anilines is 1. The zero-order valence-electron chi connectivity index (χ0n) is 16.7. The van der Waals surface area contributed by atoms with Crippen LogP contribution in [0.15, 0.2) is 71.9 Å². The summed E-state index contributed by atoms with van der Waals surface area (Å²) in [4.78, 5) is 27.9. The Morgan fingerprint density at radius 1 is 1.03 bits per heavy atom. The first-order valence-corrected chi connectivity index (χ1v) is 11.0. The van der Waals surface area contributed by atoms with Gasteiger partial charge in [0.15, 0.2) is 0 Å². The number of hydrogen-bond donors (Lipinski definition) is 1. The van der Waals surface area contributed by atoms with Gasteiger partial charge >= 0.3 is 0 Å². The van der Waals surface area contributed by atoms with E-state index in [4.69, 9.17) is 0 Å². The number of aromatic nitrogens is 2. The number of nitrogens with one attached hydrogen (secondary N) is 1. The van der Waals surface area contributed by atoms with Crippen molar-refractivity contribution in [1.29, 1.82) is 0 Å². The molecule has 154 valence electrons. The van der Waals surface area contributed by atoms with Crippen molar-refractivity contribution < 1.29 is 9.59 Å². The van der Waals surface area contributed by atoms with E-state index in [1.165, 1.54) is 0 Å². The van der Waals surface area contributed by atoms with E-state index in [0.29, 0.717) is 19.6 Å². The first kappa shape index (κ1) is 20.2. The predicted octanol–water partition coefficient (Wildman–Crippen LogP) is 3.47. The maximum Gasteiger partial charge on any atom is 0.227 e. The fraction of sp³-hybridized carbons (Fsp3) is 0.261. The predicted molar refractivity (Wildman–Crippen MR) is 118 cm³/mol. The minimum Gasteiger partial charge on any atom is -0.352 e. The zero-order valence-corrected chi connectivity index (χ0v) is 17.5. The van der Waals surface area contributed by atoms with Gasteiger partial charge in [0.05, 0.1) is 12.2 Å². The lowest BCUT2D eigenvalue weighted by Gasteiger charge is -2.29. The van der Waals surface area contributed by atoms with Crippen LogP contribution in [-0.2, 0) is 22.7 Å². The average Bonchev–Trinajstić information content (AvgIpc) is 3.29. The summed E-state index contributed by atoms with van der Waals surface area (Å²) in [6, 6.07) is 17.9. The minimum atomic E-state index is -0.111. The molecular weight excluding hydrogens is 396 g/mol. The van der Waals surface area contributed by atoms with E-state index in [9.17, 15) is 9.59 Å². The minimum absolute atomic E-state index is 0.000815. The summed E-state index contributed by atoms with van der Waals surface area (Å²) in [5, 5.41) is 7.14. The van der Waals surface area contributed by atoms with Crippen molar-refractivity contribution in [3.05, 3.63) is 78.1 Å². The molecule has 0 aliphatic carbocycles. The van der Waals surface area contributed by atoms with Crippen molar-refractivity contribution in [2.45, 2.75) is 30.8 Å². The molecule has 2 amide bonds. The van der Waals surface area contributed by atoms with Crippen LogP contribution in [0.25, 0.3) is 0 Å². The second kappa shape index (κ2) is 9.63. The lowest BCUT2D eigenvalue weighted by Crippen LogP contribution is -2.36. The van der Waals surface area contributed by atoms with E-state index in [2.05, 4.69) is 16.5 Å². The number of carbonyl (C=O) groups excluding carboxylic acids is 2. The largest absolute Gasteiger partial charge is 0.352 e. The number of carbonyl (C=O) groups is 2. The summed E-state index contributed by atoms with van der Waals surface area (Å²) in [5.41, 5.74) is 3.11. The standard InChI is InChI=1S/C23H24N4O2S/c28-22(9-10-23(29)27-13-14-30-21-8-2-1-7-20(21)27)24-16-18-5-3-6-19(15-18)17-26-12-4-11-25-26/h1-8,11-12,15H,9-10,13-14,16-17H2,(H,24,28). The molecule has 7 heteroatoms. The second-order valence-electron chi connectivity index (χ2n) is 7.16. The van der Waals surface area contributed by atoms with Gasteiger partial charge in [-0.3, -0.25) is 14.3 Å². The van der Waals surface area contributed by atoms with Gasteiger partial charge in [-0.05, 0) is 29.3 Å². The summed E-state index contributed by atoms with van der Waals surface area (Å²) in [5.74, 6) is 0.767. The first-order chi connectivity index (χ1) is 14.7. The average molecular weight is 421 g/mol. The number of benzene rings is 2. The topological polar surface area (TPSA) is 67.2 Å². The van der Waals surface area contributed by atoms with Gasteiger partial charge in [0.2, 0.25) is 11.8 Å². The molecule has 1 N–H and O–H groups in total. The van der Waals surface area contributed by atoms with Crippen LogP contribution in [0, 0.1) is 0 Å². The molecule has 1 aliphatic heterocycles. The number of para-hydroxylation sites is 1. The molecule has 1 aliphatic rings. The van der Waals surface area contributed by atoms with E-state index >= 15 is 0 Å². The van der Waals surface area contributed by atoms with Gasteiger partial charge in [-0.15, -0.1) is 11.8 Å². The molecule has 0 unspecified atom stereocenters. The summed E-state index contributed by atoms with van der Waals surface area (Å²) < 4.78 is 1.86. The van der Waals surface area contributed by atoms with Crippen LogP contribution >= 0.6 is 11.8 Å². The molecule has 4 rings (SSSR count). The van der Waals surface area contributed by atoms with Crippen LogP contribution in [0.4, 0.5) is 5.69 Å². The van der Waals surface area contributed by atoms with Crippen molar-refractivity contribution in [3.63, 3.8) is 0 Å². The number of amides is 2. The lowest BCUT2D eigenvalue weighted by atomic mass is 10.1. The third kappa shape index (κ3) is 5.10. The van der Waals surface area contributed by atoms with E-state index in [-0.39, 0.29) is 24.7 Å². The maximum atomic E-state index is 12.7. The van der Waals surface area contributed by atoms with Gasteiger partial charge in [-0.1, -0.05) is 36.4 Å². The maximum absolute atomic E-state index is 12.7. The highest BCUT2D eigenvalue weighted by Crippen LogP contribution is 2.34. The molecular formula is C23H24N4O2S. The van der Waals surface area contributed by atoms with Crippen molar-refractivity contribution in [1.82, 2.24) is 15.1 Å². The molecule has 2 aromatic carbocycles. The van der Waals surface area contributed by atoms with Gasteiger partial charge in [0.1, 0.15) is 0 Å². The fourth-order valence-electron chi connectivity index (χ4n) is 3.49. The van der Waals surface area contributed by atoms with Crippen LogP contribution in [0.2, 0.25) is 0 Å². The third-order valence-electron chi connectivity index (χ3n) is 4.98. The van der Waals surface area contributed by atoms with Gasteiger partial charge < -0.3 is 10.2 Å². The molecule has 0 bridgehead atoms. The van der Waals surface area contributed by atoms with Gasteiger partial charge in [-0.2, -0.15) is 5.10 Å². The SMILES string of the molecule is O=C(CCC(=O)N1CCSc2ccccc21)NCc1cccc(Cn2cccn2)c1. The van der Waals surface area contributed by atoms with Crippen molar-refractivity contribution >= 4 is 29.3 Å². The van der Waals surface area contributed by atoms with Crippen molar-refractivity contribution in [2.75, 3.05) is 17.2 Å². The molecule has 0 fully saturated rings. The summed E-state index contributed by atoms with van der Waals surface area (Å²) in [7, 11) is 0. The third-order valence-corrected chi connectivity index (χ3v) is 6.02. The number of thioether (sulfide) groups is 1. The zero-order chi connectivity index (χ0) is 20.8. The Bertz CT molecular complexity index is 1020. The van der Waals surface area contributed by atoms with Gasteiger partial charge in [-0.25, -0.2) is 0 Å². The monoisotopic (exact) mass is 420 g/mol. The summed E-state index contributed by atoms with van der Waals surface area (Å²) in [6.45, 7) is 1.83. The number of fused-ring (bicyclic) bond motifs is 1. The Balaban J connectivity index is 1.26. The Hall–Kier alpha value is -3.06. The van der Waals surface area contributed by atoms with Gasteiger partial charge in [0, 0.05) is 49.0 Å². The highest BCUT2D eigenvalue weighted by Gasteiger charge is 2.22. The Labute approximate surface area is 180 Å². The molecule has 2 heterocycles. The summed E-state index contributed by atoms with van der Waals surface area (Å²) >= 11 is 1.76. The molecule has 0 atom stereocenters. The second-order valence-corrected chi connectivity index (χ2v) is 8.30. The number of rotatable bonds is 7. The van der Waals surface area contributed by atoms with E-state index in [1.54, 1.807) is 22.9 Å².